The number of methoxy groups -OCH3 is 1. The number of aromatic nitrogens is 2. The van der Waals surface area contributed by atoms with E-state index in [4.69, 9.17) is 27.9 Å². The molecule has 0 spiro atoms. The zero-order chi connectivity index (χ0) is 14.5. The van der Waals surface area contributed by atoms with Crippen molar-refractivity contribution in [3.63, 3.8) is 0 Å². The summed E-state index contributed by atoms with van der Waals surface area (Å²) in [5.74, 6) is 1.34. The minimum atomic E-state index is 0.576. The van der Waals surface area contributed by atoms with E-state index in [2.05, 4.69) is 15.3 Å². The minimum Gasteiger partial charge on any atom is -0.481 e. The highest BCUT2D eigenvalue weighted by atomic mass is 35.5. The Morgan fingerprint density at radius 1 is 1.25 bits per heavy atom. The van der Waals surface area contributed by atoms with Crippen LogP contribution in [0.3, 0.4) is 0 Å². The molecule has 0 fully saturated rings. The summed E-state index contributed by atoms with van der Waals surface area (Å²) in [6.45, 7) is 2.62. The molecule has 0 aliphatic carbocycles. The number of hydrogen-bond donors (Lipinski definition) is 1. The summed E-state index contributed by atoms with van der Waals surface area (Å²) in [4.78, 5) is 8.24. The second-order valence-corrected chi connectivity index (χ2v) is 5.11. The number of nitrogens with one attached hydrogen (secondary N) is 1. The fourth-order valence-electron chi connectivity index (χ4n) is 1.86. The number of anilines is 1. The molecule has 1 aromatic carbocycles. The topological polar surface area (TPSA) is 47.0 Å². The van der Waals surface area contributed by atoms with Crippen molar-refractivity contribution in [1.29, 1.82) is 0 Å². The van der Waals surface area contributed by atoms with Crippen LogP contribution in [0.2, 0.25) is 10.0 Å². The lowest BCUT2D eigenvalue weighted by Gasteiger charge is -2.11. The number of benzene rings is 1. The molecule has 6 heteroatoms. The molecule has 106 valence electrons. The van der Waals surface area contributed by atoms with Gasteiger partial charge >= 0.3 is 0 Å². The van der Waals surface area contributed by atoms with Gasteiger partial charge in [-0.1, -0.05) is 29.3 Å². The van der Waals surface area contributed by atoms with Crippen molar-refractivity contribution >= 4 is 29.0 Å². The van der Waals surface area contributed by atoms with Gasteiger partial charge in [-0.15, -0.1) is 0 Å². The van der Waals surface area contributed by atoms with Gasteiger partial charge in [-0.05, 0) is 31.0 Å². The molecule has 0 amide bonds. The van der Waals surface area contributed by atoms with Crippen LogP contribution < -0.4 is 10.1 Å². The molecule has 0 saturated heterocycles. The van der Waals surface area contributed by atoms with E-state index in [9.17, 15) is 0 Å². The molecule has 0 unspecified atom stereocenters. The molecule has 0 aliphatic rings. The zero-order valence-electron chi connectivity index (χ0n) is 11.3. The molecule has 20 heavy (non-hydrogen) atoms. The summed E-state index contributed by atoms with van der Waals surface area (Å²) in [6.07, 6.45) is 2.26. The van der Waals surface area contributed by atoms with Crippen LogP contribution in [0.15, 0.2) is 24.5 Å². The van der Waals surface area contributed by atoms with Crippen LogP contribution >= 0.6 is 23.2 Å². The first-order valence-corrected chi connectivity index (χ1v) is 6.91. The first-order valence-electron chi connectivity index (χ1n) is 6.15. The quantitative estimate of drug-likeness (QED) is 0.913. The molecule has 0 radical (unpaired) electrons. The Morgan fingerprint density at radius 3 is 2.75 bits per heavy atom. The van der Waals surface area contributed by atoms with E-state index in [0.29, 0.717) is 22.5 Å². The largest absolute Gasteiger partial charge is 0.481 e. The number of hydrogen-bond acceptors (Lipinski definition) is 4. The number of rotatable bonds is 5. The molecule has 0 aliphatic heterocycles. The van der Waals surface area contributed by atoms with Gasteiger partial charge < -0.3 is 10.1 Å². The van der Waals surface area contributed by atoms with Gasteiger partial charge in [0.05, 0.1) is 12.7 Å². The first-order chi connectivity index (χ1) is 9.61. The van der Waals surface area contributed by atoms with Crippen LogP contribution in [-0.4, -0.2) is 23.6 Å². The van der Waals surface area contributed by atoms with Gasteiger partial charge in [0.2, 0.25) is 5.88 Å². The predicted molar refractivity (Wildman–Crippen MR) is 82.0 cm³/mol. The van der Waals surface area contributed by atoms with Gasteiger partial charge in [-0.3, -0.25) is 0 Å². The van der Waals surface area contributed by atoms with E-state index >= 15 is 0 Å². The average Bonchev–Trinajstić information content (AvgIpc) is 2.43. The van der Waals surface area contributed by atoms with Gasteiger partial charge in [0.15, 0.2) is 0 Å². The fourth-order valence-corrected chi connectivity index (χ4v) is 2.36. The number of ether oxygens (including phenoxy) is 1. The Hall–Kier alpha value is -1.52. The SMILES string of the molecule is COc1ncnc(NCCc2ccc(Cl)cc2Cl)c1C. The third-order valence-electron chi connectivity index (χ3n) is 2.93. The zero-order valence-corrected chi connectivity index (χ0v) is 12.8. The summed E-state index contributed by atoms with van der Waals surface area (Å²) < 4.78 is 5.16. The van der Waals surface area contributed by atoms with Crippen LogP contribution in [0.25, 0.3) is 0 Å². The highest BCUT2D eigenvalue weighted by Gasteiger charge is 2.07. The maximum absolute atomic E-state index is 6.13. The number of nitrogens with zero attached hydrogens (tertiary/aromatic N) is 2. The molecule has 1 heterocycles. The van der Waals surface area contributed by atoms with Gasteiger partial charge in [-0.25, -0.2) is 9.97 Å². The van der Waals surface area contributed by atoms with Gasteiger partial charge in [-0.2, -0.15) is 0 Å². The molecule has 1 aromatic heterocycles. The second kappa shape index (κ2) is 6.77. The Bertz CT molecular complexity index is 605. The smallest absolute Gasteiger partial charge is 0.221 e. The first kappa shape index (κ1) is 14.9. The van der Waals surface area contributed by atoms with Gasteiger partial charge in [0, 0.05) is 16.6 Å². The van der Waals surface area contributed by atoms with E-state index in [1.54, 1.807) is 13.2 Å². The van der Waals surface area contributed by atoms with Crippen LogP contribution in [0.4, 0.5) is 5.82 Å². The van der Waals surface area contributed by atoms with E-state index in [-0.39, 0.29) is 0 Å². The van der Waals surface area contributed by atoms with Crippen molar-refractivity contribution in [2.45, 2.75) is 13.3 Å². The summed E-state index contributed by atoms with van der Waals surface area (Å²) in [5, 5.41) is 4.57. The lowest BCUT2D eigenvalue weighted by molar-refractivity contribution is 0.393. The molecule has 0 atom stereocenters. The standard InChI is InChI=1S/C14H15Cl2N3O/c1-9-13(18-8-19-14(9)20-2)17-6-5-10-3-4-11(15)7-12(10)16/h3-4,7-8H,5-6H2,1-2H3,(H,17,18,19). The summed E-state index contributed by atoms with van der Waals surface area (Å²) in [7, 11) is 1.59. The summed E-state index contributed by atoms with van der Waals surface area (Å²) in [6, 6.07) is 5.51. The van der Waals surface area contributed by atoms with Crippen LogP contribution in [0, 0.1) is 6.92 Å². The summed E-state index contributed by atoms with van der Waals surface area (Å²) >= 11 is 12.0. The predicted octanol–water partition coefficient (Wildman–Crippen LogP) is 3.76. The lowest BCUT2D eigenvalue weighted by atomic mass is 10.1. The fraction of sp³-hybridized carbons (Fsp3) is 0.286. The maximum atomic E-state index is 6.13. The molecule has 0 bridgehead atoms. The highest BCUT2D eigenvalue weighted by molar-refractivity contribution is 6.35. The average molecular weight is 312 g/mol. The highest BCUT2D eigenvalue weighted by Crippen LogP contribution is 2.22. The third kappa shape index (κ3) is 3.52. The Kier molecular flexibility index (Phi) is 5.04. The van der Waals surface area contributed by atoms with Crippen LogP contribution in [0.1, 0.15) is 11.1 Å². The Labute approximate surface area is 128 Å². The van der Waals surface area contributed by atoms with Crippen LogP contribution in [-0.2, 0) is 6.42 Å². The van der Waals surface area contributed by atoms with Crippen molar-refractivity contribution in [3.05, 3.63) is 45.7 Å². The minimum absolute atomic E-state index is 0.576. The van der Waals surface area contributed by atoms with Crippen molar-refractivity contribution in [2.75, 3.05) is 19.0 Å². The molecule has 4 nitrogen and oxygen atoms in total. The molecular weight excluding hydrogens is 297 g/mol. The Morgan fingerprint density at radius 2 is 2.05 bits per heavy atom. The maximum Gasteiger partial charge on any atom is 0.221 e. The third-order valence-corrected chi connectivity index (χ3v) is 3.52. The van der Waals surface area contributed by atoms with Crippen molar-refractivity contribution in [3.8, 4) is 5.88 Å². The van der Waals surface area contributed by atoms with E-state index in [1.165, 1.54) is 6.33 Å². The van der Waals surface area contributed by atoms with E-state index in [1.807, 2.05) is 19.1 Å². The van der Waals surface area contributed by atoms with E-state index in [0.717, 1.165) is 23.4 Å². The van der Waals surface area contributed by atoms with Crippen LogP contribution in [0.5, 0.6) is 5.88 Å². The van der Waals surface area contributed by atoms with Crippen molar-refractivity contribution < 1.29 is 4.74 Å². The van der Waals surface area contributed by atoms with Gasteiger partial charge in [0.25, 0.3) is 0 Å². The second-order valence-electron chi connectivity index (χ2n) is 4.27. The molecular formula is C14H15Cl2N3O. The number of halogens is 2. The van der Waals surface area contributed by atoms with Gasteiger partial charge in [0.1, 0.15) is 12.1 Å². The molecule has 2 rings (SSSR count). The summed E-state index contributed by atoms with van der Waals surface area (Å²) in [5.41, 5.74) is 1.93. The molecule has 0 saturated carbocycles. The van der Waals surface area contributed by atoms with E-state index < -0.39 is 0 Å². The van der Waals surface area contributed by atoms with Crippen molar-refractivity contribution in [1.82, 2.24) is 9.97 Å². The lowest BCUT2D eigenvalue weighted by Crippen LogP contribution is -2.09. The molecule has 2 aromatic rings. The normalized spacial score (nSPS) is 10.4. The Balaban J connectivity index is 1.99. The monoisotopic (exact) mass is 311 g/mol. The molecule has 1 N–H and O–H groups in total. The van der Waals surface area contributed by atoms with Crippen molar-refractivity contribution in [2.24, 2.45) is 0 Å².